The molecule has 0 spiro atoms. The number of carbonyl (C=O) groups is 4. The Morgan fingerprint density at radius 2 is 1.20 bits per heavy atom. The highest BCUT2D eigenvalue weighted by atomic mass is 16.5. The number of amides is 3. The van der Waals surface area contributed by atoms with Crippen molar-refractivity contribution in [2.24, 2.45) is 5.73 Å². The van der Waals surface area contributed by atoms with Crippen LogP contribution in [0.15, 0.2) is 60.9 Å². The Morgan fingerprint density at radius 1 is 0.754 bits per heavy atom. The summed E-state index contributed by atoms with van der Waals surface area (Å²) in [6.45, 7) is 2.89. The van der Waals surface area contributed by atoms with Gasteiger partial charge in [0.25, 0.3) is 17.7 Å². The van der Waals surface area contributed by atoms with E-state index in [-0.39, 0.29) is 37.0 Å². The van der Waals surface area contributed by atoms with Gasteiger partial charge in [-0.05, 0) is 69.0 Å². The van der Waals surface area contributed by atoms with Crippen LogP contribution in [0.1, 0.15) is 101 Å². The number of fused-ring (bicyclic) bond motifs is 2. The number of rotatable bonds is 7. The Balaban J connectivity index is 0.000000175. The lowest BCUT2D eigenvalue weighted by molar-refractivity contribution is -0.138. The fourth-order valence-electron chi connectivity index (χ4n) is 7.52. The number of likely N-dealkylation sites (tertiary alicyclic amines) is 2. The number of hydrogen-bond acceptors (Lipinski definition) is 14. The summed E-state index contributed by atoms with van der Waals surface area (Å²) in [7, 11) is 3.28. The quantitative estimate of drug-likeness (QED) is 0.133. The molecule has 2 aromatic carbocycles. The molecule has 19 nitrogen and oxygen atoms in total. The van der Waals surface area contributed by atoms with E-state index in [1.807, 2.05) is 12.1 Å². The second-order valence-corrected chi connectivity index (χ2v) is 16.4. The Hall–Kier alpha value is -7.58. The van der Waals surface area contributed by atoms with Crippen LogP contribution < -0.4 is 11.9 Å². The topological polar surface area (TPSA) is 273 Å². The molecule has 65 heavy (non-hydrogen) atoms. The number of primary amides is 1. The van der Waals surface area contributed by atoms with E-state index in [1.165, 1.54) is 9.80 Å². The third kappa shape index (κ3) is 8.60. The molecule has 6 heterocycles. The molecule has 0 radical (unpaired) electrons. The van der Waals surface area contributed by atoms with Gasteiger partial charge in [0, 0.05) is 75.4 Å². The fraction of sp³-hybridized carbons (Fsp3) is 0.348. The number of esters is 1. The van der Waals surface area contributed by atoms with Crippen molar-refractivity contribution >= 4 is 45.8 Å². The number of aromatic nitrogens is 8. The summed E-state index contributed by atoms with van der Waals surface area (Å²) < 4.78 is 8.31. The number of benzene rings is 2. The number of carbonyl (C=O) groups excluding carboxylic acids is 4. The smallest absolute Gasteiger partial charge is 0.359 e. The molecule has 3 amide bonds. The summed E-state index contributed by atoms with van der Waals surface area (Å²) in [4.78, 5) is 69.8. The van der Waals surface area contributed by atoms with E-state index in [0.29, 0.717) is 69.5 Å². The van der Waals surface area contributed by atoms with Crippen molar-refractivity contribution in [2.75, 3.05) is 33.8 Å². The Labute approximate surface area is 372 Å². The van der Waals surface area contributed by atoms with Crippen molar-refractivity contribution in [2.45, 2.75) is 68.5 Å². The van der Waals surface area contributed by atoms with Crippen LogP contribution in [0.25, 0.3) is 33.4 Å². The first-order valence-electron chi connectivity index (χ1n) is 21.0. The summed E-state index contributed by atoms with van der Waals surface area (Å²) >= 11 is 0. The first-order chi connectivity index (χ1) is 30.7. The molecule has 332 valence electrons. The second-order valence-electron chi connectivity index (χ2n) is 16.4. The summed E-state index contributed by atoms with van der Waals surface area (Å²) in [5, 5.41) is 31.0. The standard InChI is InChI=1S/C24H23N5O4.C22H20N6O3.H3N/c1-3-33-22(30)19-18-14-25-20(16-7-8-16)26-21(18)29(27-19)17-6-4-5-15(13-17)9-10-24(32)11-12-28(2)23(24)31;1-27-10-9-22(31,21(27)30)8-7-13-3-2-4-15(11-13)28-20-16(17(26-28)18(23)29)12-24-19(25-20)14-5-6-14;/h4-6,13-14,16,32H,3,7-8,11-12H2,1-2H3;2-4,11-12,14,31H,5-6,9-10H2,1H3,(H2,23,29);1H3/t24-;22-;/m00./s1. The van der Waals surface area contributed by atoms with Gasteiger partial charge in [0.1, 0.15) is 11.6 Å². The monoisotopic (exact) mass is 878 g/mol. The van der Waals surface area contributed by atoms with Gasteiger partial charge in [-0.25, -0.2) is 34.1 Å². The van der Waals surface area contributed by atoms with Gasteiger partial charge in [-0.1, -0.05) is 35.8 Å². The normalized spacial score (nSPS) is 20.1. The van der Waals surface area contributed by atoms with Gasteiger partial charge in [-0.3, -0.25) is 14.4 Å². The van der Waals surface area contributed by atoms with Crippen molar-refractivity contribution in [1.82, 2.24) is 55.4 Å². The minimum absolute atomic E-state index is 0. The van der Waals surface area contributed by atoms with E-state index >= 15 is 0 Å². The molecule has 0 unspecified atom stereocenters. The van der Waals surface area contributed by atoms with Gasteiger partial charge in [-0.15, -0.1) is 0 Å². The third-order valence-electron chi connectivity index (χ3n) is 11.5. The van der Waals surface area contributed by atoms with Crippen LogP contribution in [0, 0.1) is 23.7 Å². The predicted molar refractivity (Wildman–Crippen MR) is 235 cm³/mol. The van der Waals surface area contributed by atoms with Crippen LogP contribution >= 0.6 is 0 Å². The number of aliphatic hydroxyl groups is 2. The molecular weight excluding hydrogens is 833 g/mol. The molecule has 2 saturated carbocycles. The minimum atomic E-state index is -1.67. The van der Waals surface area contributed by atoms with E-state index < -0.39 is 34.9 Å². The van der Waals surface area contributed by atoms with Crippen LogP contribution in [0.3, 0.4) is 0 Å². The van der Waals surface area contributed by atoms with Gasteiger partial charge < -0.3 is 36.6 Å². The van der Waals surface area contributed by atoms with E-state index in [4.69, 9.17) is 15.5 Å². The zero-order valence-electron chi connectivity index (χ0n) is 36.0. The van der Waals surface area contributed by atoms with Crippen molar-refractivity contribution in [1.29, 1.82) is 0 Å². The molecular formula is C46H46N12O7. The van der Waals surface area contributed by atoms with Gasteiger partial charge in [0.2, 0.25) is 11.2 Å². The molecule has 10 rings (SSSR count). The number of likely N-dealkylation sites (N-methyl/N-ethyl adjacent to an activating group) is 2. The lowest BCUT2D eigenvalue weighted by Crippen LogP contribution is -2.37. The summed E-state index contributed by atoms with van der Waals surface area (Å²) in [6, 6.07) is 14.3. The van der Waals surface area contributed by atoms with Crippen molar-refractivity contribution < 1.29 is 34.1 Å². The highest BCUT2D eigenvalue weighted by molar-refractivity contribution is 6.03. The lowest BCUT2D eigenvalue weighted by Gasteiger charge is -2.13. The first-order valence-corrected chi connectivity index (χ1v) is 21.0. The van der Waals surface area contributed by atoms with Gasteiger partial charge in [0.05, 0.1) is 28.8 Å². The van der Waals surface area contributed by atoms with E-state index in [0.717, 1.165) is 37.3 Å². The Bertz CT molecular complexity index is 3040. The molecule has 6 aromatic rings. The maximum Gasteiger partial charge on any atom is 0.359 e. The maximum absolute atomic E-state index is 12.5. The molecule has 2 aliphatic heterocycles. The molecule has 7 N–H and O–H groups in total. The number of hydrogen-bond donors (Lipinski definition) is 4. The number of nitrogens with zero attached hydrogens (tertiary/aromatic N) is 10. The zero-order valence-corrected chi connectivity index (χ0v) is 36.0. The molecule has 19 heteroatoms. The molecule has 2 saturated heterocycles. The van der Waals surface area contributed by atoms with Gasteiger partial charge in [0.15, 0.2) is 22.7 Å². The first kappa shape index (κ1) is 44.0. The van der Waals surface area contributed by atoms with E-state index in [9.17, 15) is 29.4 Å². The minimum Gasteiger partial charge on any atom is -0.461 e. The highest BCUT2D eigenvalue weighted by Gasteiger charge is 2.43. The Morgan fingerprint density at radius 3 is 1.60 bits per heavy atom. The van der Waals surface area contributed by atoms with Crippen LogP contribution in [-0.2, 0) is 14.3 Å². The Kier molecular flexibility index (Phi) is 11.6. The van der Waals surface area contributed by atoms with Crippen LogP contribution in [-0.4, -0.2) is 128 Å². The zero-order chi connectivity index (χ0) is 44.9. The molecule has 4 aliphatic rings. The van der Waals surface area contributed by atoms with Gasteiger partial charge >= 0.3 is 5.97 Å². The van der Waals surface area contributed by atoms with Crippen LogP contribution in [0.5, 0.6) is 0 Å². The average molecular weight is 879 g/mol. The SMILES string of the molecule is CCOC(=O)c1nn(-c2cccc(C#C[C@]3(O)CCN(C)C3=O)c2)c2nc(C3CC3)ncc12.CN1CC[C@@](O)(C#Cc2cccc(-n3nc(C(N)=O)c4cnc(C5CC5)nc43)c2)C1=O.N. The average Bonchev–Trinajstić information content (AvgIpc) is 4.23. The molecule has 2 atom stereocenters. The highest BCUT2D eigenvalue weighted by Crippen LogP contribution is 2.39. The molecule has 0 bridgehead atoms. The summed E-state index contributed by atoms with van der Waals surface area (Å²) in [5.41, 5.74) is 5.90. The van der Waals surface area contributed by atoms with E-state index in [2.05, 4.69) is 48.8 Å². The largest absolute Gasteiger partial charge is 0.461 e. The van der Waals surface area contributed by atoms with Gasteiger partial charge in [-0.2, -0.15) is 10.2 Å². The molecule has 2 aliphatic carbocycles. The third-order valence-corrected chi connectivity index (χ3v) is 11.5. The van der Waals surface area contributed by atoms with Crippen LogP contribution in [0.2, 0.25) is 0 Å². The molecule has 4 fully saturated rings. The van der Waals surface area contributed by atoms with Crippen LogP contribution in [0.4, 0.5) is 0 Å². The van der Waals surface area contributed by atoms with E-state index in [1.54, 1.807) is 79.2 Å². The number of nitrogens with two attached hydrogens (primary N) is 1. The van der Waals surface area contributed by atoms with Crippen molar-refractivity contribution in [3.63, 3.8) is 0 Å². The van der Waals surface area contributed by atoms with Crippen molar-refractivity contribution in [3.8, 4) is 35.1 Å². The molecule has 4 aromatic heterocycles. The number of ether oxygens (including phenoxy) is 1. The van der Waals surface area contributed by atoms with Crippen molar-refractivity contribution in [3.05, 3.63) is 95.1 Å². The predicted octanol–water partition coefficient (Wildman–Crippen LogP) is 2.71. The maximum atomic E-state index is 12.5. The lowest BCUT2D eigenvalue weighted by atomic mass is 10.0. The summed E-state index contributed by atoms with van der Waals surface area (Å²) in [6.07, 6.45) is 7.95. The summed E-state index contributed by atoms with van der Waals surface area (Å²) in [5.74, 6) is 11.4. The second kappa shape index (κ2) is 17.2. The fourth-order valence-corrected chi connectivity index (χ4v) is 7.52.